The number of hydrazone groups is 1. The number of nitrogens with zero attached hydrogens (tertiary/aromatic N) is 2. The molecule has 2 aromatic rings. The topological polar surface area (TPSA) is 74.9 Å². The molecule has 6 heteroatoms. The third-order valence-electron chi connectivity index (χ3n) is 3.65. The largest absolute Gasteiger partial charge is 0.467 e. The number of nitrogens with one attached hydrogen (secondary N) is 1. The van der Waals surface area contributed by atoms with Crippen LogP contribution < -0.4 is 5.32 Å². The number of hydrogen-bond acceptors (Lipinski definition) is 4. The Hall–Kier alpha value is -2.89. The van der Waals surface area contributed by atoms with Gasteiger partial charge in [-0.1, -0.05) is 18.2 Å². The Morgan fingerprint density at radius 3 is 2.65 bits per heavy atom. The molecule has 0 unspecified atom stereocenters. The van der Waals surface area contributed by atoms with Crippen molar-refractivity contribution in [2.75, 3.05) is 5.32 Å². The van der Waals surface area contributed by atoms with Crippen LogP contribution in [-0.4, -0.2) is 22.5 Å². The van der Waals surface area contributed by atoms with Crippen LogP contribution in [0.25, 0.3) is 0 Å². The van der Waals surface area contributed by atoms with Crippen molar-refractivity contribution in [3.8, 4) is 0 Å². The molecule has 0 saturated carbocycles. The SMILES string of the molecule is CC(=O)Nc1ccccc1C1=NN(C(C)=O)[C@@H](c2ccco2)C1. The Morgan fingerprint density at radius 1 is 1.22 bits per heavy atom. The van der Waals surface area contributed by atoms with Gasteiger partial charge in [0.05, 0.1) is 12.0 Å². The minimum absolute atomic E-state index is 0.151. The van der Waals surface area contributed by atoms with Gasteiger partial charge < -0.3 is 9.73 Å². The van der Waals surface area contributed by atoms with Crippen LogP contribution in [0.3, 0.4) is 0 Å². The van der Waals surface area contributed by atoms with Gasteiger partial charge in [-0.05, 0) is 18.2 Å². The number of benzene rings is 1. The molecule has 0 fully saturated rings. The molecule has 2 amide bonds. The number of rotatable bonds is 3. The van der Waals surface area contributed by atoms with Crippen LogP contribution in [0.4, 0.5) is 5.69 Å². The molecule has 2 heterocycles. The Balaban J connectivity index is 1.96. The third-order valence-corrected chi connectivity index (χ3v) is 3.65. The number of hydrogen-bond donors (Lipinski definition) is 1. The highest BCUT2D eigenvalue weighted by molar-refractivity contribution is 6.09. The summed E-state index contributed by atoms with van der Waals surface area (Å²) in [7, 11) is 0. The Bertz CT molecular complexity index is 765. The van der Waals surface area contributed by atoms with Crippen molar-refractivity contribution in [1.82, 2.24) is 5.01 Å². The van der Waals surface area contributed by atoms with Crippen LogP contribution in [0.15, 0.2) is 52.2 Å². The molecule has 0 aliphatic carbocycles. The van der Waals surface area contributed by atoms with Gasteiger partial charge in [-0.2, -0.15) is 5.10 Å². The molecule has 1 N–H and O–H groups in total. The van der Waals surface area contributed by atoms with Crippen LogP contribution in [0, 0.1) is 0 Å². The number of para-hydroxylation sites is 1. The van der Waals surface area contributed by atoms with Crippen molar-refractivity contribution in [2.45, 2.75) is 26.3 Å². The van der Waals surface area contributed by atoms with Crippen molar-refractivity contribution in [3.05, 3.63) is 54.0 Å². The van der Waals surface area contributed by atoms with Crippen molar-refractivity contribution in [1.29, 1.82) is 0 Å². The second-order valence-corrected chi connectivity index (χ2v) is 5.37. The lowest BCUT2D eigenvalue weighted by atomic mass is 10.0. The van der Waals surface area contributed by atoms with E-state index in [-0.39, 0.29) is 17.9 Å². The number of carbonyl (C=O) groups excluding carboxylic acids is 2. The van der Waals surface area contributed by atoms with Gasteiger partial charge in [0.25, 0.3) is 0 Å². The predicted molar refractivity (Wildman–Crippen MR) is 85.9 cm³/mol. The summed E-state index contributed by atoms with van der Waals surface area (Å²) in [6.45, 7) is 2.93. The molecule has 1 atom stereocenters. The van der Waals surface area contributed by atoms with E-state index >= 15 is 0 Å². The standard InChI is InChI=1S/C17H17N3O3/c1-11(21)18-14-7-4-3-6-13(14)15-10-16(17-8-5-9-23-17)20(19-15)12(2)22/h3-9,16H,10H2,1-2H3,(H,18,21)/t16-/m1/s1. The molecule has 3 rings (SSSR count). The molecule has 118 valence electrons. The number of anilines is 1. The van der Waals surface area contributed by atoms with Crippen LogP contribution in [0.1, 0.15) is 37.6 Å². The molecule has 0 spiro atoms. The van der Waals surface area contributed by atoms with Gasteiger partial charge >= 0.3 is 0 Å². The molecule has 6 nitrogen and oxygen atoms in total. The van der Waals surface area contributed by atoms with Crippen LogP contribution in [0.5, 0.6) is 0 Å². The molecule has 1 aromatic heterocycles. The summed E-state index contributed by atoms with van der Waals surface area (Å²) in [5.74, 6) is 0.386. The molecular formula is C17H17N3O3. The molecule has 1 aromatic carbocycles. The fraction of sp³-hybridized carbons (Fsp3) is 0.235. The highest BCUT2D eigenvalue weighted by Gasteiger charge is 2.33. The van der Waals surface area contributed by atoms with E-state index in [2.05, 4.69) is 10.4 Å². The second-order valence-electron chi connectivity index (χ2n) is 5.37. The minimum Gasteiger partial charge on any atom is -0.467 e. The number of amides is 2. The third kappa shape index (κ3) is 3.01. The van der Waals surface area contributed by atoms with Gasteiger partial charge in [0.1, 0.15) is 11.8 Å². The highest BCUT2D eigenvalue weighted by Crippen LogP contribution is 2.34. The van der Waals surface area contributed by atoms with Crippen molar-refractivity contribution in [3.63, 3.8) is 0 Å². The van der Waals surface area contributed by atoms with E-state index in [0.29, 0.717) is 17.9 Å². The van der Waals surface area contributed by atoms with E-state index in [1.807, 2.05) is 30.3 Å². The fourth-order valence-electron chi connectivity index (χ4n) is 2.70. The smallest absolute Gasteiger partial charge is 0.240 e. The van der Waals surface area contributed by atoms with Crippen molar-refractivity contribution in [2.24, 2.45) is 5.10 Å². The first-order valence-electron chi connectivity index (χ1n) is 7.34. The lowest BCUT2D eigenvalue weighted by molar-refractivity contribution is -0.130. The lowest BCUT2D eigenvalue weighted by Crippen LogP contribution is -2.23. The Kier molecular flexibility index (Phi) is 3.97. The summed E-state index contributed by atoms with van der Waals surface area (Å²) in [6.07, 6.45) is 2.11. The summed E-state index contributed by atoms with van der Waals surface area (Å²) in [5.41, 5.74) is 2.23. The van der Waals surface area contributed by atoms with Crippen LogP contribution in [-0.2, 0) is 9.59 Å². The summed E-state index contributed by atoms with van der Waals surface area (Å²) in [4.78, 5) is 23.3. The van der Waals surface area contributed by atoms with E-state index in [1.165, 1.54) is 18.9 Å². The number of carbonyl (C=O) groups is 2. The van der Waals surface area contributed by atoms with Gasteiger partial charge in [-0.25, -0.2) is 5.01 Å². The van der Waals surface area contributed by atoms with Crippen LogP contribution >= 0.6 is 0 Å². The average molecular weight is 311 g/mol. The molecule has 23 heavy (non-hydrogen) atoms. The first-order chi connectivity index (χ1) is 11.1. The van der Waals surface area contributed by atoms with Gasteiger partial charge in [-0.15, -0.1) is 0 Å². The zero-order chi connectivity index (χ0) is 16.4. The summed E-state index contributed by atoms with van der Waals surface area (Å²) >= 11 is 0. The van der Waals surface area contributed by atoms with Crippen LogP contribution in [0.2, 0.25) is 0 Å². The minimum atomic E-state index is -0.261. The van der Waals surface area contributed by atoms with E-state index in [9.17, 15) is 9.59 Å². The molecule has 0 saturated heterocycles. The molecule has 0 bridgehead atoms. The normalized spacial score (nSPS) is 17.0. The molecule has 0 radical (unpaired) electrons. The zero-order valence-corrected chi connectivity index (χ0v) is 12.9. The second kappa shape index (κ2) is 6.08. The lowest BCUT2D eigenvalue weighted by Gasteiger charge is -2.17. The summed E-state index contributed by atoms with van der Waals surface area (Å²) < 4.78 is 5.44. The van der Waals surface area contributed by atoms with E-state index in [0.717, 1.165) is 11.3 Å². The Labute approximate surface area is 133 Å². The molecular weight excluding hydrogens is 294 g/mol. The number of furan rings is 1. The maximum absolute atomic E-state index is 11.9. The van der Waals surface area contributed by atoms with Gasteiger partial charge in [0, 0.05) is 31.5 Å². The maximum atomic E-state index is 11.9. The van der Waals surface area contributed by atoms with E-state index in [1.54, 1.807) is 12.3 Å². The van der Waals surface area contributed by atoms with E-state index < -0.39 is 0 Å². The fourth-order valence-corrected chi connectivity index (χ4v) is 2.70. The van der Waals surface area contributed by atoms with E-state index in [4.69, 9.17) is 4.42 Å². The highest BCUT2D eigenvalue weighted by atomic mass is 16.3. The zero-order valence-electron chi connectivity index (χ0n) is 12.9. The van der Waals surface area contributed by atoms with Gasteiger partial charge in [0.15, 0.2) is 0 Å². The monoisotopic (exact) mass is 311 g/mol. The van der Waals surface area contributed by atoms with Crippen molar-refractivity contribution >= 4 is 23.2 Å². The summed E-state index contributed by atoms with van der Waals surface area (Å²) in [5, 5.41) is 8.68. The summed E-state index contributed by atoms with van der Waals surface area (Å²) in [6, 6.07) is 10.8. The van der Waals surface area contributed by atoms with Crippen molar-refractivity contribution < 1.29 is 14.0 Å². The first-order valence-corrected chi connectivity index (χ1v) is 7.34. The van der Waals surface area contributed by atoms with Gasteiger partial charge in [-0.3, -0.25) is 9.59 Å². The predicted octanol–water partition coefficient (Wildman–Crippen LogP) is 2.94. The first kappa shape index (κ1) is 15.0. The molecule has 1 aliphatic heterocycles. The maximum Gasteiger partial charge on any atom is 0.240 e. The van der Waals surface area contributed by atoms with Gasteiger partial charge in [0.2, 0.25) is 11.8 Å². The quantitative estimate of drug-likeness (QED) is 0.947. The molecule has 1 aliphatic rings. The Morgan fingerprint density at radius 2 is 2.00 bits per heavy atom. The average Bonchev–Trinajstić information content (AvgIpc) is 3.16.